The Morgan fingerprint density at radius 2 is 2.40 bits per heavy atom. The lowest BCUT2D eigenvalue weighted by atomic mass is 10.0. The van der Waals surface area contributed by atoms with Crippen LogP contribution < -0.4 is 16.2 Å². The molecule has 1 saturated heterocycles. The van der Waals surface area contributed by atoms with E-state index in [0.29, 0.717) is 17.2 Å². The molecule has 106 valence electrons. The predicted molar refractivity (Wildman–Crippen MR) is 79.2 cm³/mol. The van der Waals surface area contributed by atoms with Crippen molar-refractivity contribution in [1.29, 1.82) is 0 Å². The number of halogens is 1. The number of hydrogen-bond acceptors (Lipinski definition) is 4. The van der Waals surface area contributed by atoms with E-state index in [4.69, 9.17) is 11.6 Å². The molecule has 0 saturated carbocycles. The van der Waals surface area contributed by atoms with Crippen LogP contribution in [-0.4, -0.2) is 28.0 Å². The topological polar surface area (TPSA) is 58.4 Å². The molecule has 2 aromatic heterocycles. The first-order valence-corrected chi connectivity index (χ1v) is 7.07. The molecular formula is C14H17ClN4O. The molecule has 1 aliphatic rings. The SMILES string of the molecule is CC1(NCc2cc(=O)n3cc(Cl)ccc3n2)CCNC1. The van der Waals surface area contributed by atoms with Crippen LogP contribution in [0.3, 0.4) is 0 Å². The van der Waals surface area contributed by atoms with Crippen molar-refractivity contribution in [3.05, 3.63) is 45.5 Å². The van der Waals surface area contributed by atoms with Gasteiger partial charge in [-0.05, 0) is 32.0 Å². The van der Waals surface area contributed by atoms with E-state index < -0.39 is 0 Å². The summed E-state index contributed by atoms with van der Waals surface area (Å²) in [6, 6.07) is 5.05. The fourth-order valence-electron chi connectivity index (χ4n) is 2.49. The van der Waals surface area contributed by atoms with Gasteiger partial charge in [-0.3, -0.25) is 9.20 Å². The lowest BCUT2D eigenvalue weighted by Gasteiger charge is -2.24. The molecule has 2 aromatic rings. The van der Waals surface area contributed by atoms with Crippen LogP contribution in [0.4, 0.5) is 0 Å². The van der Waals surface area contributed by atoms with Crippen molar-refractivity contribution in [3.8, 4) is 0 Å². The third kappa shape index (κ3) is 2.70. The summed E-state index contributed by atoms with van der Waals surface area (Å²) in [7, 11) is 0. The Hall–Kier alpha value is -1.43. The molecule has 1 atom stereocenters. The van der Waals surface area contributed by atoms with Gasteiger partial charge in [0.2, 0.25) is 0 Å². The summed E-state index contributed by atoms with van der Waals surface area (Å²) in [5.74, 6) is 0. The van der Waals surface area contributed by atoms with Gasteiger partial charge in [-0.15, -0.1) is 0 Å². The van der Waals surface area contributed by atoms with Crippen molar-refractivity contribution >= 4 is 17.2 Å². The second-order valence-corrected chi connectivity index (χ2v) is 5.94. The highest BCUT2D eigenvalue weighted by molar-refractivity contribution is 6.30. The number of nitrogens with one attached hydrogen (secondary N) is 2. The molecule has 0 bridgehead atoms. The zero-order valence-electron chi connectivity index (χ0n) is 11.3. The van der Waals surface area contributed by atoms with Gasteiger partial charge >= 0.3 is 0 Å². The second-order valence-electron chi connectivity index (χ2n) is 5.50. The second kappa shape index (κ2) is 5.16. The fourth-order valence-corrected chi connectivity index (χ4v) is 2.65. The molecule has 6 heteroatoms. The first-order chi connectivity index (χ1) is 9.56. The van der Waals surface area contributed by atoms with E-state index in [1.807, 2.05) is 0 Å². The summed E-state index contributed by atoms with van der Waals surface area (Å²) in [6.07, 6.45) is 2.67. The Balaban J connectivity index is 1.85. The molecule has 3 rings (SSSR count). The maximum atomic E-state index is 12.1. The maximum Gasteiger partial charge on any atom is 0.258 e. The van der Waals surface area contributed by atoms with Crippen molar-refractivity contribution in [2.45, 2.75) is 25.4 Å². The number of aromatic nitrogens is 2. The molecule has 20 heavy (non-hydrogen) atoms. The Kier molecular flexibility index (Phi) is 3.50. The average molecular weight is 293 g/mol. The van der Waals surface area contributed by atoms with E-state index in [-0.39, 0.29) is 11.1 Å². The van der Waals surface area contributed by atoms with Crippen LogP contribution in [0.5, 0.6) is 0 Å². The number of nitrogens with zero attached hydrogens (tertiary/aromatic N) is 2. The summed E-state index contributed by atoms with van der Waals surface area (Å²) in [6.45, 7) is 4.73. The lowest BCUT2D eigenvalue weighted by Crippen LogP contribution is -2.43. The van der Waals surface area contributed by atoms with Crippen LogP contribution in [0, 0.1) is 0 Å². The van der Waals surface area contributed by atoms with Crippen molar-refractivity contribution in [2.24, 2.45) is 0 Å². The number of fused-ring (bicyclic) bond motifs is 1. The minimum absolute atomic E-state index is 0.0762. The molecule has 0 aromatic carbocycles. The molecule has 0 amide bonds. The fraction of sp³-hybridized carbons (Fsp3) is 0.429. The van der Waals surface area contributed by atoms with E-state index in [1.54, 1.807) is 24.4 Å². The molecule has 0 radical (unpaired) electrons. The van der Waals surface area contributed by atoms with E-state index >= 15 is 0 Å². The van der Waals surface area contributed by atoms with E-state index in [0.717, 1.165) is 25.2 Å². The Bertz CT molecular complexity index is 691. The summed E-state index contributed by atoms with van der Waals surface area (Å²) >= 11 is 5.89. The minimum Gasteiger partial charge on any atom is -0.315 e. The molecule has 0 aliphatic carbocycles. The summed E-state index contributed by atoms with van der Waals surface area (Å²) in [5.41, 5.74) is 1.34. The zero-order chi connectivity index (χ0) is 14.2. The minimum atomic E-state index is -0.107. The highest BCUT2D eigenvalue weighted by Gasteiger charge is 2.27. The van der Waals surface area contributed by atoms with E-state index in [9.17, 15) is 4.79 Å². The first-order valence-electron chi connectivity index (χ1n) is 6.69. The lowest BCUT2D eigenvalue weighted by molar-refractivity contribution is 0.383. The molecule has 1 fully saturated rings. The number of pyridine rings is 1. The molecule has 0 spiro atoms. The van der Waals surface area contributed by atoms with E-state index in [2.05, 4.69) is 22.5 Å². The number of rotatable bonds is 3. The average Bonchev–Trinajstić information content (AvgIpc) is 2.85. The monoisotopic (exact) mass is 292 g/mol. The number of hydrogen-bond donors (Lipinski definition) is 2. The molecule has 1 unspecified atom stereocenters. The van der Waals surface area contributed by atoms with Gasteiger partial charge in [-0.25, -0.2) is 4.98 Å². The molecule has 1 aliphatic heterocycles. The Morgan fingerprint density at radius 1 is 1.55 bits per heavy atom. The largest absolute Gasteiger partial charge is 0.315 e. The van der Waals surface area contributed by atoms with Crippen LogP contribution in [-0.2, 0) is 6.54 Å². The molecule has 2 N–H and O–H groups in total. The zero-order valence-corrected chi connectivity index (χ0v) is 12.1. The van der Waals surface area contributed by atoms with Crippen LogP contribution in [0.2, 0.25) is 5.02 Å². The highest BCUT2D eigenvalue weighted by atomic mass is 35.5. The quantitative estimate of drug-likeness (QED) is 0.892. The van der Waals surface area contributed by atoms with Gasteiger partial charge in [0.05, 0.1) is 10.7 Å². The summed E-state index contributed by atoms with van der Waals surface area (Å²) in [5, 5.41) is 7.34. The van der Waals surface area contributed by atoms with Gasteiger partial charge < -0.3 is 10.6 Å². The van der Waals surface area contributed by atoms with Gasteiger partial charge in [0.25, 0.3) is 5.56 Å². The van der Waals surface area contributed by atoms with Crippen molar-refractivity contribution in [1.82, 2.24) is 20.0 Å². The van der Waals surface area contributed by atoms with Gasteiger partial charge in [0.1, 0.15) is 5.65 Å². The van der Waals surface area contributed by atoms with Gasteiger partial charge in [0, 0.05) is 30.9 Å². The smallest absolute Gasteiger partial charge is 0.258 e. The van der Waals surface area contributed by atoms with E-state index in [1.165, 1.54) is 4.40 Å². The van der Waals surface area contributed by atoms with Crippen LogP contribution in [0.15, 0.2) is 29.2 Å². The van der Waals surface area contributed by atoms with Crippen LogP contribution in [0.1, 0.15) is 19.0 Å². The van der Waals surface area contributed by atoms with Crippen molar-refractivity contribution < 1.29 is 0 Å². The Morgan fingerprint density at radius 3 is 3.15 bits per heavy atom. The summed E-state index contributed by atoms with van der Waals surface area (Å²) in [4.78, 5) is 16.5. The van der Waals surface area contributed by atoms with Gasteiger partial charge in [-0.2, -0.15) is 0 Å². The normalized spacial score (nSPS) is 22.5. The van der Waals surface area contributed by atoms with Crippen molar-refractivity contribution in [2.75, 3.05) is 13.1 Å². The first kappa shape index (κ1) is 13.5. The maximum absolute atomic E-state index is 12.1. The molecular weight excluding hydrogens is 276 g/mol. The molecule has 5 nitrogen and oxygen atoms in total. The van der Waals surface area contributed by atoms with Gasteiger partial charge in [-0.1, -0.05) is 11.6 Å². The highest BCUT2D eigenvalue weighted by Crippen LogP contribution is 2.14. The third-order valence-corrected chi connectivity index (χ3v) is 3.97. The predicted octanol–water partition coefficient (Wildman–Crippen LogP) is 1.19. The standard InChI is InChI=1S/C14H17ClN4O/c1-14(4-5-16-9-14)17-7-11-6-13(20)19-8-10(15)2-3-12(19)18-11/h2-3,6,8,16-17H,4-5,7,9H2,1H3. The summed E-state index contributed by atoms with van der Waals surface area (Å²) < 4.78 is 1.46. The van der Waals surface area contributed by atoms with Gasteiger partial charge in [0.15, 0.2) is 0 Å². The third-order valence-electron chi connectivity index (χ3n) is 3.74. The molecule has 3 heterocycles. The Labute approximate surface area is 122 Å². The van der Waals surface area contributed by atoms with Crippen LogP contribution in [0.25, 0.3) is 5.65 Å². The van der Waals surface area contributed by atoms with Crippen molar-refractivity contribution in [3.63, 3.8) is 0 Å². The van der Waals surface area contributed by atoms with Crippen LogP contribution >= 0.6 is 11.6 Å².